The van der Waals surface area contributed by atoms with Gasteiger partial charge in [0.05, 0.1) is 0 Å². The first-order chi connectivity index (χ1) is 6.70. The van der Waals surface area contributed by atoms with Crippen LogP contribution in [0.25, 0.3) is 10.8 Å². The predicted octanol–water partition coefficient (Wildman–Crippen LogP) is 3.19. The highest BCUT2D eigenvalue weighted by atomic mass is 32.1. The highest BCUT2D eigenvalue weighted by Crippen LogP contribution is 2.30. The molecule has 0 spiro atoms. The third kappa shape index (κ3) is 1.46. The summed E-state index contributed by atoms with van der Waals surface area (Å²) in [6.45, 7) is 0. The van der Waals surface area contributed by atoms with Crippen molar-refractivity contribution in [1.29, 1.82) is 0 Å². The SMILES string of the molecule is CN(C)c1cccc2cccc(S)c12. The molecule has 72 valence electrons. The number of nitrogens with zero attached hydrogens (tertiary/aromatic N) is 1. The maximum Gasteiger partial charge on any atom is 0.0451 e. The van der Waals surface area contributed by atoms with Gasteiger partial charge in [-0.15, -0.1) is 12.6 Å². The smallest absolute Gasteiger partial charge is 0.0451 e. The lowest BCUT2D eigenvalue weighted by atomic mass is 10.1. The van der Waals surface area contributed by atoms with E-state index in [1.165, 1.54) is 16.5 Å². The molecule has 0 N–H and O–H groups in total. The van der Waals surface area contributed by atoms with E-state index in [0.717, 1.165) is 4.90 Å². The normalized spacial score (nSPS) is 10.5. The molecular weight excluding hydrogens is 190 g/mol. The quantitative estimate of drug-likeness (QED) is 0.697. The lowest BCUT2D eigenvalue weighted by molar-refractivity contribution is 1.14. The summed E-state index contributed by atoms with van der Waals surface area (Å²) in [5.74, 6) is 0. The summed E-state index contributed by atoms with van der Waals surface area (Å²) in [4.78, 5) is 3.15. The summed E-state index contributed by atoms with van der Waals surface area (Å²) in [7, 11) is 4.10. The van der Waals surface area contributed by atoms with Crippen LogP contribution in [0.15, 0.2) is 41.3 Å². The number of thiol groups is 1. The minimum Gasteiger partial charge on any atom is -0.377 e. The van der Waals surface area contributed by atoms with Crippen LogP contribution in [0.3, 0.4) is 0 Å². The van der Waals surface area contributed by atoms with Gasteiger partial charge in [0.2, 0.25) is 0 Å². The molecular formula is C12H13NS. The fraction of sp³-hybridized carbons (Fsp3) is 0.167. The molecule has 2 aromatic rings. The van der Waals surface area contributed by atoms with Crippen molar-refractivity contribution in [3.63, 3.8) is 0 Å². The van der Waals surface area contributed by atoms with E-state index in [-0.39, 0.29) is 0 Å². The van der Waals surface area contributed by atoms with Crippen molar-refractivity contribution in [2.24, 2.45) is 0 Å². The van der Waals surface area contributed by atoms with Crippen LogP contribution in [0.2, 0.25) is 0 Å². The number of benzene rings is 2. The van der Waals surface area contributed by atoms with Gasteiger partial charge in [0.25, 0.3) is 0 Å². The minimum absolute atomic E-state index is 1.03. The molecule has 0 aliphatic rings. The summed E-state index contributed by atoms with van der Waals surface area (Å²) >= 11 is 4.49. The summed E-state index contributed by atoms with van der Waals surface area (Å²) in [6.07, 6.45) is 0. The van der Waals surface area contributed by atoms with Gasteiger partial charge >= 0.3 is 0 Å². The van der Waals surface area contributed by atoms with Gasteiger partial charge in [0.1, 0.15) is 0 Å². The molecule has 0 aliphatic carbocycles. The minimum atomic E-state index is 1.03. The van der Waals surface area contributed by atoms with E-state index in [0.29, 0.717) is 0 Å². The first kappa shape index (κ1) is 9.41. The zero-order chi connectivity index (χ0) is 10.1. The molecule has 0 amide bonds. The maximum atomic E-state index is 4.49. The predicted molar refractivity (Wildman–Crippen MR) is 65.5 cm³/mol. The van der Waals surface area contributed by atoms with Gasteiger partial charge in [-0.1, -0.05) is 24.3 Å². The van der Waals surface area contributed by atoms with Crippen LogP contribution in [0, 0.1) is 0 Å². The second kappa shape index (κ2) is 3.54. The third-order valence-electron chi connectivity index (χ3n) is 2.34. The van der Waals surface area contributed by atoms with E-state index in [1.54, 1.807) is 0 Å². The number of hydrogen-bond donors (Lipinski definition) is 1. The topological polar surface area (TPSA) is 3.24 Å². The number of fused-ring (bicyclic) bond motifs is 1. The van der Waals surface area contributed by atoms with E-state index in [1.807, 2.05) is 12.1 Å². The molecule has 0 aromatic heterocycles. The van der Waals surface area contributed by atoms with Crippen molar-refractivity contribution in [1.82, 2.24) is 0 Å². The fourth-order valence-electron chi connectivity index (χ4n) is 1.67. The van der Waals surface area contributed by atoms with E-state index in [4.69, 9.17) is 0 Å². The summed E-state index contributed by atoms with van der Waals surface area (Å²) in [5, 5.41) is 2.46. The van der Waals surface area contributed by atoms with Crippen LogP contribution < -0.4 is 4.90 Å². The van der Waals surface area contributed by atoms with E-state index >= 15 is 0 Å². The Labute approximate surface area is 89.8 Å². The molecule has 0 heterocycles. The molecule has 0 bridgehead atoms. The Hall–Kier alpha value is -1.15. The molecule has 0 fully saturated rings. The lowest BCUT2D eigenvalue weighted by Crippen LogP contribution is -2.08. The van der Waals surface area contributed by atoms with E-state index in [2.05, 4.69) is 55.9 Å². The Morgan fingerprint density at radius 2 is 1.64 bits per heavy atom. The Kier molecular flexibility index (Phi) is 2.38. The molecule has 0 saturated heterocycles. The Morgan fingerprint density at radius 3 is 2.29 bits per heavy atom. The zero-order valence-corrected chi connectivity index (χ0v) is 9.25. The molecule has 0 radical (unpaired) electrons. The van der Waals surface area contributed by atoms with Gasteiger partial charge in [-0.05, 0) is 17.5 Å². The summed E-state index contributed by atoms with van der Waals surface area (Å²) < 4.78 is 0. The Balaban J connectivity index is 2.84. The molecule has 2 rings (SSSR count). The van der Waals surface area contributed by atoms with Crippen molar-refractivity contribution < 1.29 is 0 Å². The molecule has 2 heteroatoms. The van der Waals surface area contributed by atoms with Gasteiger partial charge in [0.15, 0.2) is 0 Å². The molecule has 0 saturated carbocycles. The Bertz CT molecular complexity index is 458. The van der Waals surface area contributed by atoms with Crippen molar-refractivity contribution in [3.8, 4) is 0 Å². The van der Waals surface area contributed by atoms with Crippen molar-refractivity contribution in [2.45, 2.75) is 4.90 Å². The molecule has 14 heavy (non-hydrogen) atoms. The second-order valence-corrected chi connectivity index (χ2v) is 4.03. The van der Waals surface area contributed by atoms with Crippen molar-refractivity contribution in [3.05, 3.63) is 36.4 Å². The average Bonchev–Trinajstić information content (AvgIpc) is 2.17. The summed E-state index contributed by atoms with van der Waals surface area (Å²) in [5.41, 5.74) is 1.22. The average molecular weight is 203 g/mol. The van der Waals surface area contributed by atoms with Gasteiger partial charge in [0, 0.05) is 30.1 Å². The maximum absolute atomic E-state index is 4.49. The van der Waals surface area contributed by atoms with Crippen LogP contribution in [0.1, 0.15) is 0 Å². The van der Waals surface area contributed by atoms with Crippen LogP contribution in [0.5, 0.6) is 0 Å². The molecule has 2 aromatic carbocycles. The monoisotopic (exact) mass is 203 g/mol. The highest BCUT2D eigenvalue weighted by Gasteiger charge is 2.04. The highest BCUT2D eigenvalue weighted by molar-refractivity contribution is 7.80. The molecule has 0 unspecified atom stereocenters. The lowest BCUT2D eigenvalue weighted by Gasteiger charge is -2.16. The van der Waals surface area contributed by atoms with Gasteiger partial charge in [-0.25, -0.2) is 0 Å². The van der Waals surface area contributed by atoms with Crippen LogP contribution in [-0.4, -0.2) is 14.1 Å². The number of rotatable bonds is 1. The van der Waals surface area contributed by atoms with Crippen LogP contribution in [0.4, 0.5) is 5.69 Å². The molecule has 0 aliphatic heterocycles. The molecule has 1 nitrogen and oxygen atoms in total. The van der Waals surface area contributed by atoms with Crippen molar-refractivity contribution in [2.75, 3.05) is 19.0 Å². The number of hydrogen-bond acceptors (Lipinski definition) is 2. The van der Waals surface area contributed by atoms with Crippen molar-refractivity contribution >= 4 is 29.1 Å². The number of anilines is 1. The largest absolute Gasteiger partial charge is 0.377 e. The zero-order valence-electron chi connectivity index (χ0n) is 8.36. The fourth-order valence-corrected chi connectivity index (χ4v) is 2.00. The second-order valence-electron chi connectivity index (χ2n) is 3.55. The van der Waals surface area contributed by atoms with Crippen LogP contribution in [-0.2, 0) is 0 Å². The van der Waals surface area contributed by atoms with Gasteiger partial charge in [-0.3, -0.25) is 0 Å². The first-order valence-corrected chi connectivity index (χ1v) is 5.03. The first-order valence-electron chi connectivity index (χ1n) is 4.58. The standard InChI is InChI=1S/C12H13NS/c1-13(2)10-7-3-5-9-6-4-8-11(14)12(9)10/h3-8,14H,1-2H3. The van der Waals surface area contributed by atoms with Crippen LogP contribution >= 0.6 is 12.6 Å². The van der Waals surface area contributed by atoms with E-state index < -0.39 is 0 Å². The Morgan fingerprint density at radius 1 is 1.00 bits per heavy atom. The van der Waals surface area contributed by atoms with Gasteiger partial charge in [-0.2, -0.15) is 0 Å². The van der Waals surface area contributed by atoms with Gasteiger partial charge < -0.3 is 4.90 Å². The third-order valence-corrected chi connectivity index (χ3v) is 2.72. The summed E-state index contributed by atoms with van der Waals surface area (Å²) in [6, 6.07) is 12.5. The van der Waals surface area contributed by atoms with E-state index in [9.17, 15) is 0 Å². The molecule has 0 atom stereocenters.